The Balaban J connectivity index is 0.000000231. The predicted molar refractivity (Wildman–Crippen MR) is 266 cm³/mol. The maximum atomic E-state index is 13.6. The number of nitrogens with zero attached hydrogens (tertiary/aromatic N) is 5. The average molecular weight is 982 g/mol. The van der Waals surface area contributed by atoms with E-state index in [1.807, 2.05) is 67.7 Å². The molecule has 18 nitrogen and oxygen atoms in total. The number of fused-ring (bicyclic) bond motifs is 2. The number of aliphatic carboxylic acids is 1. The van der Waals surface area contributed by atoms with Crippen molar-refractivity contribution in [1.29, 1.82) is 0 Å². The van der Waals surface area contributed by atoms with Crippen LogP contribution in [0.1, 0.15) is 86.9 Å². The van der Waals surface area contributed by atoms with E-state index in [1.165, 1.54) is 16.8 Å². The van der Waals surface area contributed by atoms with Gasteiger partial charge in [-0.25, -0.2) is 13.4 Å². The van der Waals surface area contributed by atoms with Crippen LogP contribution in [0.2, 0.25) is 0 Å². The van der Waals surface area contributed by atoms with Crippen molar-refractivity contribution in [3.05, 3.63) is 119 Å². The van der Waals surface area contributed by atoms with Crippen molar-refractivity contribution in [2.45, 2.75) is 95.4 Å². The highest BCUT2D eigenvalue weighted by atomic mass is 32.2. The van der Waals surface area contributed by atoms with Gasteiger partial charge in [0.2, 0.25) is 33.7 Å². The molecule has 0 saturated carbocycles. The van der Waals surface area contributed by atoms with Gasteiger partial charge in [0.05, 0.1) is 49.7 Å². The number of likely N-dealkylation sites (tertiary alicyclic amines) is 2. The number of amides is 4. The van der Waals surface area contributed by atoms with E-state index in [9.17, 15) is 37.5 Å². The van der Waals surface area contributed by atoms with Gasteiger partial charge in [-0.3, -0.25) is 33.3 Å². The van der Waals surface area contributed by atoms with Crippen molar-refractivity contribution in [3.8, 4) is 0 Å². The molecule has 2 saturated heterocycles. The van der Waals surface area contributed by atoms with E-state index >= 15 is 0 Å². The summed E-state index contributed by atoms with van der Waals surface area (Å²) in [6.45, 7) is 7.28. The molecule has 2 aromatic heterocycles. The van der Waals surface area contributed by atoms with E-state index in [0.717, 1.165) is 40.3 Å². The average Bonchev–Trinajstić information content (AvgIpc) is 3.86. The number of nitrogens with two attached hydrogens (primary N) is 1. The van der Waals surface area contributed by atoms with E-state index < -0.39 is 39.5 Å². The molecule has 0 bridgehead atoms. The van der Waals surface area contributed by atoms with E-state index in [1.54, 1.807) is 42.0 Å². The number of para-hydroxylation sites is 1. The minimum atomic E-state index is -3.42. The van der Waals surface area contributed by atoms with Crippen LogP contribution in [0.4, 0.5) is 11.5 Å². The second-order valence-corrected chi connectivity index (χ2v) is 20.7. The summed E-state index contributed by atoms with van der Waals surface area (Å²) in [5.74, 6) is -1.38. The lowest BCUT2D eigenvalue weighted by molar-refractivity contribution is -0.140. The summed E-state index contributed by atoms with van der Waals surface area (Å²) in [6, 6.07) is 23.1. The lowest BCUT2D eigenvalue weighted by Gasteiger charge is -2.41. The Morgan fingerprint density at radius 1 is 0.971 bits per heavy atom. The van der Waals surface area contributed by atoms with Gasteiger partial charge in [-0.2, -0.15) is 0 Å². The Bertz CT molecular complexity index is 2570. The first-order valence-electron chi connectivity index (χ1n) is 23.8. The number of carboxylic acid groups (broad SMARTS) is 1. The zero-order chi connectivity index (χ0) is 50.6. The van der Waals surface area contributed by atoms with Gasteiger partial charge in [-0.05, 0) is 92.8 Å². The number of nitrogens with one attached hydrogen (secondary N) is 3. The quantitative estimate of drug-likeness (QED) is 0.0895. The van der Waals surface area contributed by atoms with Crippen LogP contribution in [-0.2, 0) is 63.6 Å². The fraction of sp³-hybridized carbons (Fsp3) is 0.471. The van der Waals surface area contributed by atoms with Crippen LogP contribution in [0.15, 0.2) is 91.3 Å². The first-order chi connectivity index (χ1) is 33.3. The van der Waals surface area contributed by atoms with Crippen molar-refractivity contribution in [2.75, 3.05) is 62.3 Å². The van der Waals surface area contributed by atoms with Crippen LogP contribution >= 0.6 is 0 Å². The first-order valence-corrected chi connectivity index (χ1v) is 25.6. The molecule has 3 atom stereocenters. The van der Waals surface area contributed by atoms with Crippen molar-refractivity contribution < 1.29 is 42.2 Å². The smallest absolute Gasteiger partial charge is 0.305 e. The summed E-state index contributed by atoms with van der Waals surface area (Å²) in [6.07, 6.45) is 8.29. The van der Waals surface area contributed by atoms with Crippen molar-refractivity contribution in [3.63, 3.8) is 0 Å². The SMILES string of the molecule is CC(C)(N)C(=O)N[C@H](COCc1ccccc1)C(=O)N1CCC2(CC1)CN(S(C)(=O)=O)c1ccccc12.CCc1ccc(CC[C@H]2CCN(CC(=O)N[C@@H](CC(=O)O)c3cccnc3)C2=O)nc1NC. The standard InChI is InChI=1S/C27H36N4O5S.C24H31N5O4/c1-26(2,28)25(33)29-22(18-36-17-20-9-5-4-6-10-20)24(32)30-15-13-27(14-16-30)19-31(37(3,34)35)23-12-8-7-11-21(23)27;1-3-16-6-8-19(27-23(16)25-2)9-7-17-10-12-29(24(17)33)15-21(30)28-20(13-22(31)32)18-5-4-11-26-14-18/h4-12,22H,13-19,28H2,1-3H3,(H,29,33);4-6,8,11,14,17,20H,3,7,9-10,12-13,15H2,1-2H3,(H,25,27)(H,28,30)(H,31,32)/t22-;17-,20-/m10/s1. The number of piperidine rings is 1. The fourth-order valence-electron chi connectivity index (χ4n) is 9.21. The number of carbonyl (C=O) groups excluding carboxylic acids is 4. The zero-order valence-electron chi connectivity index (χ0n) is 40.7. The zero-order valence-corrected chi connectivity index (χ0v) is 41.5. The third kappa shape index (κ3) is 13.7. The second kappa shape index (κ2) is 23.4. The van der Waals surface area contributed by atoms with Crippen molar-refractivity contribution in [1.82, 2.24) is 30.4 Å². The lowest BCUT2D eigenvalue weighted by Crippen LogP contribution is -2.59. The molecular weight excluding hydrogens is 915 g/mol. The van der Waals surface area contributed by atoms with Crippen LogP contribution in [0, 0.1) is 5.92 Å². The molecule has 1 spiro atoms. The maximum absolute atomic E-state index is 13.6. The number of anilines is 2. The van der Waals surface area contributed by atoms with Crippen LogP contribution in [-0.4, -0.2) is 127 Å². The predicted octanol–water partition coefficient (Wildman–Crippen LogP) is 3.96. The van der Waals surface area contributed by atoms with Gasteiger partial charge in [-0.15, -0.1) is 0 Å². The monoisotopic (exact) mass is 981 g/mol. The van der Waals surface area contributed by atoms with Gasteiger partial charge < -0.3 is 41.3 Å². The molecule has 7 rings (SSSR count). The van der Waals surface area contributed by atoms with Gasteiger partial charge in [0.25, 0.3) is 0 Å². The number of hydrogen-bond acceptors (Lipinski definition) is 12. The number of aromatic nitrogens is 2. The molecule has 5 heterocycles. The highest BCUT2D eigenvalue weighted by Gasteiger charge is 2.48. The Morgan fingerprint density at radius 3 is 2.33 bits per heavy atom. The third-order valence-corrected chi connectivity index (χ3v) is 14.3. The molecule has 0 radical (unpaired) electrons. The van der Waals surface area contributed by atoms with Gasteiger partial charge in [0, 0.05) is 62.6 Å². The van der Waals surface area contributed by atoms with Crippen molar-refractivity contribution >= 4 is 51.1 Å². The van der Waals surface area contributed by atoms with Gasteiger partial charge >= 0.3 is 5.97 Å². The Hall–Kier alpha value is -6.44. The highest BCUT2D eigenvalue weighted by molar-refractivity contribution is 7.92. The summed E-state index contributed by atoms with van der Waals surface area (Å²) >= 11 is 0. The number of rotatable bonds is 19. The van der Waals surface area contributed by atoms with E-state index in [-0.39, 0.29) is 48.6 Å². The highest BCUT2D eigenvalue weighted by Crippen LogP contribution is 2.48. The molecule has 4 aromatic rings. The molecule has 3 aliphatic rings. The van der Waals surface area contributed by atoms with Crippen molar-refractivity contribution in [2.24, 2.45) is 11.7 Å². The molecule has 2 aromatic carbocycles. The number of pyridine rings is 2. The molecule has 0 unspecified atom stereocenters. The Labute approximate surface area is 410 Å². The minimum Gasteiger partial charge on any atom is -0.481 e. The largest absolute Gasteiger partial charge is 0.481 e. The van der Waals surface area contributed by atoms with Crippen LogP contribution in [0.5, 0.6) is 0 Å². The fourth-order valence-corrected chi connectivity index (χ4v) is 10.2. The number of hydrogen-bond donors (Lipinski definition) is 5. The van der Waals surface area contributed by atoms with E-state index in [4.69, 9.17) is 10.5 Å². The summed E-state index contributed by atoms with van der Waals surface area (Å²) in [4.78, 5) is 74.8. The summed E-state index contributed by atoms with van der Waals surface area (Å²) in [5.41, 5.74) is 9.87. The summed E-state index contributed by atoms with van der Waals surface area (Å²) in [5, 5.41) is 17.8. The molecule has 19 heteroatoms. The summed E-state index contributed by atoms with van der Waals surface area (Å²) < 4.78 is 32.2. The molecule has 4 amide bonds. The van der Waals surface area contributed by atoms with Crippen LogP contribution in [0.3, 0.4) is 0 Å². The minimum absolute atomic E-state index is 0.0158. The van der Waals surface area contributed by atoms with Gasteiger partial charge in [-0.1, -0.05) is 67.6 Å². The number of benzene rings is 2. The molecular formula is C51H67N9O9S. The van der Waals surface area contributed by atoms with Gasteiger partial charge in [0.1, 0.15) is 11.9 Å². The molecule has 70 heavy (non-hydrogen) atoms. The van der Waals surface area contributed by atoms with Crippen LogP contribution in [0.25, 0.3) is 0 Å². The van der Waals surface area contributed by atoms with E-state index in [0.29, 0.717) is 70.5 Å². The molecule has 6 N–H and O–H groups in total. The molecule has 0 aliphatic carbocycles. The number of carbonyl (C=O) groups is 5. The lowest BCUT2D eigenvalue weighted by atomic mass is 9.74. The molecule has 3 aliphatic heterocycles. The first kappa shape index (κ1) is 52.9. The number of ether oxygens (including phenoxy) is 1. The van der Waals surface area contributed by atoms with Gasteiger partial charge in [0.15, 0.2) is 0 Å². The number of carboxylic acids is 1. The molecule has 376 valence electrons. The Kier molecular flexibility index (Phi) is 17.7. The second-order valence-electron chi connectivity index (χ2n) is 18.8. The number of sulfonamides is 1. The Morgan fingerprint density at radius 2 is 1.69 bits per heavy atom. The maximum Gasteiger partial charge on any atom is 0.305 e. The normalized spacial score (nSPS) is 17.3. The summed E-state index contributed by atoms with van der Waals surface area (Å²) in [7, 11) is -1.57. The van der Waals surface area contributed by atoms with Crippen LogP contribution < -0.4 is 26.0 Å². The topological polar surface area (TPSA) is 247 Å². The molecule has 2 fully saturated rings. The third-order valence-electron chi connectivity index (χ3n) is 13.2. The number of aryl methyl sites for hydroxylation is 2. The van der Waals surface area contributed by atoms with E-state index in [2.05, 4.69) is 38.9 Å².